The Bertz CT molecular complexity index is 364. The van der Waals surface area contributed by atoms with Gasteiger partial charge in [0.15, 0.2) is 0 Å². The molecule has 0 saturated carbocycles. The molecule has 16 heavy (non-hydrogen) atoms. The molecule has 0 aliphatic rings. The number of aromatic nitrogens is 2. The highest BCUT2D eigenvalue weighted by Crippen LogP contribution is 2.21. The molecule has 0 aliphatic carbocycles. The molecule has 90 valence electrons. The lowest BCUT2D eigenvalue weighted by Crippen LogP contribution is -2.11. The molecule has 0 radical (unpaired) electrons. The van der Waals surface area contributed by atoms with Gasteiger partial charge in [0, 0.05) is 23.9 Å². The number of hydrogen-bond acceptors (Lipinski definition) is 3. The van der Waals surface area contributed by atoms with Gasteiger partial charge in [-0.3, -0.25) is 0 Å². The van der Waals surface area contributed by atoms with Crippen LogP contribution in [0.4, 0.5) is 13.2 Å². The summed E-state index contributed by atoms with van der Waals surface area (Å²) in [6.07, 6.45) is -4.69. The van der Waals surface area contributed by atoms with Crippen molar-refractivity contribution < 1.29 is 18.3 Å². The predicted molar refractivity (Wildman–Crippen MR) is 51.8 cm³/mol. The first-order valence-electron chi connectivity index (χ1n) is 4.87. The minimum Gasteiger partial charge on any atom is -0.389 e. The van der Waals surface area contributed by atoms with Crippen molar-refractivity contribution in [2.45, 2.75) is 39.0 Å². The summed E-state index contributed by atoms with van der Waals surface area (Å²) < 4.78 is 35.9. The van der Waals surface area contributed by atoms with Gasteiger partial charge in [0.05, 0.1) is 12.5 Å². The van der Waals surface area contributed by atoms with Crippen LogP contribution in [-0.4, -0.2) is 21.3 Å². The van der Waals surface area contributed by atoms with E-state index in [0.29, 0.717) is 11.3 Å². The van der Waals surface area contributed by atoms with E-state index in [2.05, 4.69) is 9.97 Å². The molecule has 1 N–H and O–H groups in total. The second-order valence-electron chi connectivity index (χ2n) is 3.62. The zero-order chi connectivity index (χ0) is 12.3. The molecule has 0 spiro atoms. The Balaban J connectivity index is 2.74. The van der Waals surface area contributed by atoms with E-state index in [1.807, 2.05) is 0 Å². The van der Waals surface area contributed by atoms with Gasteiger partial charge in [0.2, 0.25) is 0 Å². The Morgan fingerprint density at radius 3 is 2.50 bits per heavy atom. The molecular weight excluding hydrogens is 221 g/mol. The highest BCUT2D eigenvalue weighted by Gasteiger charge is 2.27. The molecule has 1 rings (SSSR count). The highest BCUT2D eigenvalue weighted by atomic mass is 19.4. The van der Waals surface area contributed by atoms with Gasteiger partial charge in [0.1, 0.15) is 5.82 Å². The van der Waals surface area contributed by atoms with Crippen LogP contribution in [0.1, 0.15) is 36.5 Å². The average Bonchev–Trinajstić information content (AvgIpc) is 2.13. The van der Waals surface area contributed by atoms with Crippen molar-refractivity contribution in [2.24, 2.45) is 0 Å². The number of aliphatic hydroxyl groups excluding tert-OH is 1. The standard InChI is InChI=1S/C10H13F3N2O/c1-6-8(7(2)16)5-14-9(15-6)3-4-10(11,12)13/h5,7,16H,3-4H2,1-2H3. The molecule has 0 bridgehead atoms. The maximum Gasteiger partial charge on any atom is 0.389 e. The predicted octanol–water partition coefficient (Wildman–Crippen LogP) is 2.33. The van der Waals surface area contributed by atoms with Crippen LogP contribution >= 0.6 is 0 Å². The molecule has 3 nitrogen and oxygen atoms in total. The third-order valence-corrected chi connectivity index (χ3v) is 2.15. The van der Waals surface area contributed by atoms with E-state index in [0.717, 1.165) is 0 Å². The zero-order valence-corrected chi connectivity index (χ0v) is 9.04. The van der Waals surface area contributed by atoms with Gasteiger partial charge in [-0.1, -0.05) is 0 Å². The van der Waals surface area contributed by atoms with Crippen LogP contribution in [0.25, 0.3) is 0 Å². The summed E-state index contributed by atoms with van der Waals surface area (Å²) >= 11 is 0. The third kappa shape index (κ3) is 3.77. The Morgan fingerprint density at radius 2 is 2.06 bits per heavy atom. The minimum absolute atomic E-state index is 0.152. The van der Waals surface area contributed by atoms with Gasteiger partial charge >= 0.3 is 6.18 Å². The molecule has 0 fully saturated rings. The molecule has 1 unspecified atom stereocenters. The number of halogens is 3. The summed E-state index contributed by atoms with van der Waals surface area (Å²) in [7, 11) is 0. The molecule has 0 saturated heterocycles. The molecular formula is C10H13F3N2O. The first-order valence-corrected chi connectivity index (χ1v) is 4.87. The van der Waals surface area contributed by atoms with Crippen LogP contribution in [0, 0.1) is 6.92 Å². The Morgan fingerprint density at radius 1 is 1.44 bits per heavy atom. The van der Waals surface area contributed by atoms with Crippen molar-refractivity contribution in [1.29, 1.82) is 0 Å². The first kappa shape index (κ1) is 12.9. The maximum absolute atomic E-state index is 12.0. The van der Waals surface area contributed by atoms with Crippen molar-refractivity contribution in [1.82, 2.24) is 9.97 Å². The lowest BCUT2D eigenvalue weighted by Gasteiger charge is -2.09. The van der Waals surface area contributed by atoms with Gasteiger partial charge in [-0.15, -0.1) is 0 Å². The van der Waals surface area contributed by atoms with Gasteiger partial charge < -0.3 is 5.11 Å². The van der Waals surface area contributed by atoms with E-state index in [9.17, 15) is 18.3 Å². The summed E-state index contributed by atoms with van der Waals surface area (Å²) in [5, 5.41) is 9.29. The zero-order valence-electron chi connectivity index (χ0n) is 9.04. The van der Waals surface area contributed by atoms with Crippen molar-refractivity contribution in [3.8, 4) is 0 Å². The number of hydrogen-bond donors (Lipinski definition) is 1. The summed E-state index contributed by atoms with van der Waals surface area (Å²) in [6, 6.07) is 0. The molecule has 1 heterocycles. The summed E-state index contributed by atoms with van der Waals surface area (Å²) in [5.41, 5.74) is 1.05. The number of alkyl halides is 3. The third-order valence-electron chi connectivity index (χ3n) is 2.15. The smallest absolute Gasteiger partial charge is 0.389 e. The fraction of sp³-hybridized carbons (Fsp3) is 0.600. The average molecular weight is 234 g/mol. The Labute approximate surface area is 91.4 Å². The van der Waals surface area contributed by atoms with Crippen LogP contribution < -0.4 is 0 Å². The van der Waals surface area contributed by atoms with Gasteiger partial charge in [0.25, 0.3) is 0 Å². The van der Waals surface area contributed by atoms with Crippen LogP contribution in [0.15, 0.2) is 6.20 Å². The molecule has 1 aromatic rings. The molecule has 0 aliphatic heterocycles. The number of nitrogens with zero attached hydrogens (tertiary/aromatic N) is 2. The Hall–Kier alpha value is -1.17. The van der Waals surface area contributed by atoms with Gasteiger partial charge in [-0.05, 0) is 13.8 Å². The fourth-order valence-corrected chi connectivity index (χ4v) is 1.31. The minimum atomic E-state index is -4.19. The van der Waals surface area contributed by atoms with E-state index >= 15 is 0 Å². The number of aryl methyl sites for hydroxylation is 2. The van der Waals surface area contributed by atoms with Crippen LogP contribution in [0.3, 0.4) is 0 Å². The van der Waals surface area contributed by atoms with Gasteiger partial charge in [-0.25, -0.2) is 9.97 Å². The monoisotopic (exact) mass is 234 g/mol. The van der Waals surface area contributed by atoms with Crippen LogP contribution in [-0.2, 0) is 6.42 Å². The molecule has 1 atom stereocenters. The van der Waals surface area contributed by atoms with Crippen LogP contribution in [0.2, 0.25) is 0 Å². The maximum atomic E-state index is 12.0. The topological polar surface area (TPSA) is 46.0 Å². The quantitative estimate of drug-likeness (QED) is 0.873. The van der Waals surface area contributed by atoms with E-state index < -0.39 is 18.7 Å². The summed E-state index contributed by atoms with van der Waals surface area (Å²) in [6.45, 7) is 3.20. The largest absolute Gasteiger partial charge is 0.389 e. The SMILES string of the molecule is Cc1nc(CCC(F)(F)F)ncc1C(C)O. The first-order chi connectivity index (χ1) is 7.29. The lowest BCUT2D eigenvalue weighted by molar-refractivity contribution is -0.134. The molecule has 0 aromatic carbocycles. The normalized spacial score (nSPS) is 13.9. The van der Waals surface area contributed by atoms with Crippen molar-refractivity contribution >= 4 is 0 Å². The number of rotatable bonds is 3. The second kappa shape index (κ2) is 4.78. The fourth-order valence-electron chi connectivity index (χ4n) is 1.31. The van der Waals surface area contributed by atoms with E-state index in [-0.39, 0.29) is 12.2 Å². The van der Waals surface area contributed by atoms with Crippen molar-refractivity contribution in [3.63, 3.8) is 0 Å². The van der Waals surface area contributed by atoms with E-state index in [4.69, 9.17) is 0 Å². The molecule has 1 aromatic heterocycles. The highest BCUT2D eigenvalue weighted by molar-refractivity contribution is 5.18. The van der Waals surface area contributed by atoms with Crippen molar-refractivity contribution in [2.75, 3.05) is 0 Å². The second-order valence-corrected chi connectivity index (χ2v) is 3.62. The van der Waals surface area contributed by atoms with E-state index in [1.165, 1.54) is 6.20 Å². The summed E-state index contributed by atoms with van der Waals surface area (Å²) in [4.78, 5) is 7.72. The molecule has 0 amide bonds. The number of aliphatic hydroxyl groups is 1. The van der Waals surface area contributed by atoms with Crippen LogP contribution in [0.5, 0.6) is 0 Å². The van der Waals surface area contributed by atoms with Gasteiger partial charge in [-0.2, -0.15) is 13.2 Å². The Kier molecular flexibility index (Phi) is 3.85. The summed E-state index contributed by atoms with van der Waals surface area (Å²) in [5.74, 6) is 0.152. The van der Waals surface area contributed by atoms with E-state index in [1.54, 1.807) is 13.8 Å². The molecule has 6 heteroatoms. The van der Waals surface area contributed by atoms with Crippen molar-refractivity contribution in [3.05, 3.63) is 23.3 Å². The lowest BCUT2D eigenvalue weighted by atomic mass is 10.1.